The fourth-order valence-electron chi connectivity index (χ4n) is 4.21. The number of benzene rings is 3. The number of sulfonamides is 1. The van der Waals surface area contributed by atoms with Gasteiger partial charge >= 0.3 is 5.63 Å². The van der Waals surface area contributed by atoms with Crippen molar-refractivity contribution >= 4 is 32.9 Å². The van der Waals surface area contributed by atoms with Gasteiger partial charge in [-0.25, -0.2) is 17.9 Å². The normalized spacial score (nSPS) is 12.1. The van der Waals surface area contributed by atoms with Crippen molar-refractivity contribution in [1.82, 2.24) is 14.1 Å². The molecule has 0 amide bonds. The third kappa shape index (κ3) is 4.93. The van der Waals surface area contributed by atoms with Crippen molar-refractivity contribution < 1.29 is 12.8 Å². The van der Waals surface area contributed by atoms with Crippen LogP contribution < -0.4 is 5.63 Å². The van der Waals surface area contributed by atoms with E-state index >= 15 is 0 Å². The summed E-state index contributed by atoms with van der Waals surface area (Å²) in [6.45, 7) is 4.36. The Morgan fingerprint density at radius 1 is 0.947 bits per heavy atom. The van der Waals surface area contributed by atoms with Gasteiger partial charge in [0, 0.05) is 36.5 Å². The number of hydrogen-bond acceptors (Lipinski definition) is 6. The minimum absolute atomic E-state index is 0.172. The number of aliphatic imine (C=N–C) groups is 1. The summed E-state index contributed by atoms with van der Waals surface area (Å²) < 4.78 is 34.6. The van der Waals surface area contributed by atoms with Crippen molar-refractivity contribution in [2.24, 2.45) is 4.99 Å². The molecule has 5 aromatic rings. The molecule has 3 aromatic carbocycles. The molecular weight excluding hydrogens is 500 g/mol. The van der Waals surface area contributed by atoms with E-state index in [9.17, 15) is 13.2 Å². The molecule has 9 heteroatoms. The number of para-hydroxylation sites is 2. The number of fused-ring (bicyclic) bond motifs is 1. The molecule has 0 aliphatic carbocycles. The average Bonchev–Trinajstić information content (AvgIpc) is 3.37. The third-order valence-electron chi connectivity index (χ3n) is 6.17. The van der Waals surface area contributed by atoms with Gasteiger partial charge in [-0.15, -0.1) is 0 Å². The van der Waals surface area contributed by atoms with E-state index in [2.05, 4.69) is 4.99 Å². The van der Waals surface area contributed by atoms with E-state index in [0.717, 1.165) is 11.1 Å². The van der Waals surface area contributed by atoms with Crippen LogP contribution in [0.4, 0.5) is 5.69 Å². The van der Waals surface area contributed by atoms with Gasteiger partial charge in [-0.3, -0.25) is 4.99 Å². The van der Waals surface area contributed by atoms with Crippen LogP contribution in [0.15, 0.2) is 110 Å². The van der Waals surface area contributed by atoms with Crippen molar-refractivity contribution in [1.29, 1.82) is 0 Å². The minimum atomic E-state index is -3.63. The Morgan fingerprint density at radius 2 is 1.68 bits per heavy atom. The van der Waals surface area contributed by atoms with Crippen molar-refractivity contribution in [3.63, 3.8) is 0 Å². The van der Waals surface area contributed by atoms with Crippen molar-refractivity contribution in [2.45, 2.75) is 18.7 Å². The summed E-state index contributed by atoms with van der Waals surface area (Å²) in [6.07, 6.45) is 3.36. The minimum Gasteiger partial charge on any atom is -0.422 e. The maximum atomic E-state index is 13.0. The first-order valence-electron chi connectivity index (χ1n) is 12.2. The standard InChI is InChI=1S/C29H26N4O4S/c1-3-32(4-2)38(35,36)25-15-10-12-23(18-25)30-19-22-20-33(24-13-6-5-7-14-24)31-28(22)26-17-21-11-8-9-16-27(21)37-29(26)34/h5-20H,3-4H2,1-2H3. The summed E-state index contributed by atoms with van der Waals surface area (Å²) in [5.74, 6) is 0. The van der Waals surface area contributed by atoms with E-state index in [-0.39, 0.29) is 4.90 Å². The van der Waals surface area contributed by atoms with E-state index < -0.39 is 15.6 Å². The van der Waals surface area contributed by atoms with E-state index in [0.29, 0.717) is 41.2 Å². The van der Waals surface area contributed by atoms with Crippen LogP contribution in [0.2, 0.25) is 0 Å². The highest BCUT2D eigenvalue weighted by atomic mass is 32.2. The summed E-state index contributed by atoms with van der Waals surface area (Å²) >= 11 is 0. The zero-order chi connectivity index (χ0) is 26.7. The molecule has 38 heavy (non-hydrogen) atoms. The summed E-state index contributed by atoms with van der Waals surface area (Å²) in [5.41, 5.74) is 2.54. The zero-order valence-corrected chi connectivity index (χ0v) is 21.8. The lowest BCUT2D eigenvalue weighted by Gasteiger charge is -2.18. The fraction of sp³-hybridized carbons (Fsp3) is 0.138. The van der Waals surface area contributed by atoms with Gasteiger partial charge in [0.15, 0.2) is 0 Å². The second-order valence-corrected chi connectivity index (χ2v) is 10.5. The SMILES string of the molecule is CCN(CC)S(=O)(=O)c1cccc(N=Cc2cn(-c3ccccc3)nc2-c2cc3ccccc3oc2=O)c1. The van der Waals surface area contributed by atoms with Crippen LogP contribution in [-0.4, -0.2) is 41.8 Å². The molecule has 0 spiro atoms. The summed E-state index contributed by atoms with van der Waals surface area (Å²) in [4.78, 5) is 17.7. The lowest BCUT2D eigenvalue weighted by Crippen LogP contribution is -2.30. The molecule has 2 aromatic heterocycles. The highest BCUT2D eigenvalue weighted by molar-refractivity contribution is 7.89. The van der Waals surface area contributed by atoms with E-state index in [4.69, 9.17) is 9.52 Å². The first-order chi connectivity index (χ1) is 18.4. The third-order valence-corrected chi connectivity index (χ3v) is 8.22. The molecule has 8 nitrogen and oxygen atoms in total. The number of hydrogen-bond donors (Lipinski definition) is 0. The van der Waals surface area contributed by atoms with E-state index in [1.165, 1.54) is 10.4 Å². The molecule has 192 valence electrons. The van der Waals surface area contributed by atoms with Gasteiger partial charge in [0.1, 0.15) is 11.3 Å². The molecule has 5 rings (SSSR count). The van der Waals surface area contributed by atoms with Gasteiger partial charge < -0.3 is 4.42 Å². The number of rotatable bonds is 8. The van der Waals surface area contributed by atoms with E-state index in [1.807, 2.05) is 48.5 Å². The molecule has 0 bridgehead atoms. The van der Waals surface area contributed by atoms with Gasteiger partial charge in [0.05, 0.1) is 21.8 Å². The van der Waals surface area contributed by atoms with Crippen molar-refractivity contribution in [3.05, 3.63) is 107 Å². The maximum absolute atomic E-state index is 13.0. The van der Waals surface area contributed by atoms with Crippen LogP contribution in [0.1, 0.15) is 19.4 Å². The molecule has 0 aliphatic rings. The largest absolute Gasteiger partial charge is 0.422 e. The van der Waals surface area contributed by atoms with Gasteiger partial charge in [-0.05, 0) is 42.5 Å². The Balaban J connectivity index is 1.60. The predicted molar refractivity (Wildman–Crippen MR) is 149 cm³/mol. The molecule has 2 heterocycles. The molecule has 0 atom stereocenters. The second kappa shape index (κ2) is 10.6. The van der Waals surface area contributed by atoms with Gasteiger partial charge in [-0.2, -0.15) is 9.40 Å². The maximum Gasteiger partial charge on any atom is 0.345 e. The Kier molecular flexibility index (Phi) is 7.04. The quantitative estimate of drug-likeness (QED) is 0.198. The monoisotopic (exact) mass is 526 g/mol. The molecule has 0 unspecified atom stereocenters. The number of nitrogens with zero attached hydrogens (tertiary/aromatic N) is 4. The van der Waals surface area contributed by atoms with Crippen LogP contribution in [0.3, 0.4) is 0 Å². The highest BCUT2D eigenvalue weighted by Gasteiger charge is 2.22. The smallest absolute Gasteiger partial charge is 0.345 e. The Hall–Kier alpha value is -4.34. The Bertz CT molecular complexity index is 1790. The average molecular weight is 527 g/mol. The molecule has 0 N–H and O–H groups in total. The molecular formula is C29H26N4O4S. The first kappa shape index (κ1) is 25.3. The summed E-state index contributed by atoms with van der Waals surface area (Å²) in [7, 11) is -3.63. The van der Waals surface area contributed by atoms with E-state index in [1.54, 1.807) is 61.3 Å². The van der Waals surface area contributed by atoms with Crippen LogP contribution in [0.5, 0.6) is 0 Å². The Morgan fingerprint density at radius 3 is 2.45 bits per heavy atom. The summed E-state index contributed by atoms with van der Waals surface area (Å²) in [5, 5.41) is 5.47. The molecule has 0 saturated heterocycles. The van der Waals surface area contributed by atoms with Gasteiger partial charge in [0.25, 0.3) is 0 Å². The summed E-state index contributed by atoms with van der Waals surface area (Å²) in [6, 6.07) is 25.0. The van der Waals surface area contributed by atoms with Crippen LogP contribution in [0, 0.1) is 0 Å². The second-order valence-electron chi connectivity index (χ2n) is 8.54. The molecule has 0 fully saturated rings. The lowest BCUT2D eigenvalue weighted by atomic mass is 10.1. The topological polar surface area (TPSA) is 97.8 Å². The predicted octanol–water partition coefficient (Wildman–Crippen LogP) is 5.43. The lowest BCUT2D eigenvalue weighted by molar-refractivity contribution is 0.445. The first-order valence-corrected chi connectivity index (χ1v) is 13.7. The van der Waals surface area contributed by atoms with Crippen molar-refractivity contribution in [3.8, 4) is 16.9 Å². The van der Waals surface area contributed by atoms with Crippen LogP contribution in [0.25, 0.3) is 27.9 Å². The molecule has 0 saturated carbocycles. The van der Waals surface area contributed by atoms with Crippen LogP contribution >= 0.6 is 0 Å². The highest BCUT2D eigenvalue weighted by Crippen LogP contribution is 2.25. The molecule has 0 aliphatic heterocycles. The number of aromatic nitrogens is 2. The Labute approximate surface area is 220 Å². The van der Waals surface area contributed by atoms with Gasteiger partial charge in [0.2, 0.25) is 10.0 Å². The van der Waals surface area contributed by atoms with Crippen molar-refractivity contribution in [2.75, 3.05) is 13.1 Å². The van der Waals surface area contributed by atoms with Gasteiger partial charge in [-0.1, -0.05) is 56.3 Å². The zero-order valence-electron chi connectivity index (χ0n) is 21.0. The molecule has 0 radical (unpaired) electrons. The fourth-order valence-corrected chi connectivity index (χ4v) is 5.71. The van der Waals surface area contributed by atoms with Crippen LogP contribution in [-0.2, 0) is 10.0 Å².